The van der Waals surface area contributed by atoms with Gasteiger partial charge in [-0.05, 0) is 73.6 Å². The summed E-state index contributed by atoms with van der Waals surface area (Å²) in [4.78, 5) is 14.6. The Kier molecular flexibility index (Phi) is 3.19. The van der Waals surface area contributed by atoms with Gasteiger partial charge < -0.3 is 0 Å². The van der Waals surface area contributed by atoms with Crippen LogP contribution in [-0.2, 0) is 30.5 Å². The Bertz CT molecular complexity index is 619. The highest BCUT2D eigenvalue weighted by Crippen LogP contribution is 2.40. The summed E-state index contributed by atoms with van der Waals surface area (Å²) >= 11 is 0. The van der Waals surface area contributed by atoms with Crippen LogP contribution in [0.1, 0.15) is 53.5 Å². The van der Waals surface area contributed by atoms with Crippen LogP contribution in [0, 0.1) is 11.3 Å². The maximum absolute atomic E-state index is 10.7. The molecule has 96 valence electrons. The molecule has 0 heterocycles. The summed E-state index contributed by atoms with van der Waals surface area (Å²) in [5, 5.41) is 9.46. The summed E-state index contributed by atoms with van der Waals surface area (Å²) in [5.41, 5.74) is 6.33. The molecule has 3 heteroatoms. The van der Waals surface area contributed by atoms with E-state index in [2.05, 4.69) is 11.1 Å². The van der Waals surface area contributed by atoms with E-state index in [1.54, 1.807) is 6.08 Å². The van der Waals surface area contributed by atoms with Crippen molar-refractivity contribution >= 4 is 11.8 Å². The second-order valence-corrected chi connectivity index (χ2v) is 5.37. The minimum atomic E-state index is 0.618. The van der Waals surface area contributed by atoms with Gasteiger partial charge in [-0.3, -0.25) is 0 Å². The minimum Gasteiger partial charge on any atom is -0.211 e. The molecule has 0 radical (unpaired) electrons. The molecule has 1 aromatic carbocycles. The molecule has 1 aromatic rings. The SMILES string of the molecule is N#Cc1c2c(c3c(c1N=C=O)CCCC3)CCCC2. The summed E-state index contributed by atoms with van der Waals surface area (Å²) in [6.07, 6.45) is 10.4. The third-order valence-corrected chi connectivity index (χ3v) is 4.39. The van der Waals surface area contributed by atoms with Gasteiger partial charge in [-0.1, -0.05) is 0 Å². The molecular weight excluding hydrogens is 236 g/mol. The van der Waals surface area contributed by atoms with Gasteiger partial charge in [0.25, 0.3) is 0 Å². The van der Waals surface area contributed by atoms with E-state index in [9.17, 15) is 10.1 Å². The van der Waals surface area contributed by atoms with E-state index in [-0.39, 0.29) is 0 Å². The van der Waals surface area contributed by atoms with Gasteiger partial charge in [0.15, 0.2) is 0 Å². The molecule has 0 unspecified atom stereocenters. The Labute approximate surface area is 113 Å². The first-order valence-corrected chi connectivity index (χ1v) is 7.04. The van der Waals surface area contributed by atoms with Gasteiger partial charge >= 0.3 is 0 Å². The maximum Gasteiger partial charge on any atom is 0.240 e. The Balaban J connectivity index is 2.35. The van der Waals surface area contributed by atoms with Crippen LogP contribution in [0.3, 0.4) is 0 Å². The molecule has 0 bridgehead atoms. The lowest BCUT2D eigenvalue weighted by molar-refractivity contribution is 0.565. The molecular formula is C16H16N2O. The van der Waals surface area contributed by atoms with Crippen molar-refractivity contribution in [3.05, 3.63) is 27.8 Å². The number of benzene rings is 1. The molecule has 0 fully saturated rings. The zero-order valence-electron chi connectivity index (χ0n) is 11.0. The van der Waals surface area contributed by atoms with Crippen LogP contribution < -0.4 is 0 Å². The van der Waals surface area contributed by atoms with E-state index in [0.717, 1.165) is 49.7 Å². The van der Waals surface area contributed by atoms with Crippen LogP contribution in [0.15, 0.2) is 4.99 Å². The average Bonchev–Trinajstić information content (AvgIpc) is 2.48. The molecule has 19 heavy (non-hydrogen) atoms. The molecule has 0 atom stereocenters. The van der Waals surface area contributed by atoms with Gasteiger partial charge in [0.05, 0.1) is 11.3 Å². The highest BCUT2D eigenvalue weighted by atomic mass is 16.1. The molecule has 2 aliphatic rings. The third kappa shape index (κ3) is 1.89. The minimum absolute atomic E-state index is 0.618. The highest BCUT2D eigenvalue weighted by Gasteiger charge is 2.26. The maximum atomic E-state index is 10.7. The van der Waals surface area contributed by atoms with Crippen LogP contribution in [-0.4, -0.2) is 6.08 Å². The van der Waals surface area contributed by atoms with Crippen molar-refractivity contribution in [2.75, 3.05) is 0 Å². The zero-order valence-corrected chi connectivity index (χ0v) is 11.0. The number of isocyanates is 1. The molecule has 0 saturated heterocycles. The van der Waals surface area contributed by atoms with Crippen molar-refractivity contribution < 1.29 is 4.79 Å². The lowest BCUT2D eigenvalue weighted by Crippen LogP contribution is -2.15. The summed E-state index contributed by atoms with van der Waals surface area (Å²) in [6.45, 7) is 0. The predicted octanol–water partition coefficient (Wildman–Crippen LogP) is 3.28. The second-order valence-electron chi connectivity index (χ2n) is 5.37. The molecule has 0 N–H and O–H groups in total. The zero-order chi connectivity index (χ0) is 13.2. The number of rotatable bonds is 1. The largest absolute Gasteiger partial charge is 0.240 e. The van der Waals surface area contributed by atoms with Crippen molar-refractivity contribution in [3.63, 3.8) is 0 Å². The van der Waals surface area contributed by atoms with Crippen LogP contribution in [0.4, 0.5) is 5.69 Å². The summed E-state index contributed by atoms with van der Waals surface area (Å²) in [5.74, 6) is 0. The van der Waals surface area contributed by atoms with Gasteiger partial charge in [-0.15, -0.1) is 0 Å². The van der Waals surface area contributed by atoms with Crippen molar-refractivity contribution in [2.24, 2.45) is 4.99 Å². The molecule has 0 aromatic heterocycles. The van der Waals surface area contributed by atoms with E-state index in [1.165, 1.54) is 24.0 Å². The Morgan fingerprint density at radius 1 is 0.842 bits per heavy atom. The molecule has 0 aliphatic heterocycles. The van der Waals surface area contributed by atoms with Crippen LogP contribution in [0.5, 0.6) is 0 Å². The van der Waals surface area contributed by atoms with E-state index >= 15 is 0 Å². The quantitative estimate of drug-likeness (QED) is 0.569. The number of nitrogens with zero attached hydrogens (tertiary/aromatic N) is 2. The highest BCUT2D eigenvalue weighted by molar-refractivity contribution is 5.70. The third-order valence-electron chi connectivity index (χ3n) is 4.39. The summed E-state index contributed by atoms with van der Waals surface area (Å²) in [6, 6.07) is 2.29. The van der Waals surface area contributed by atoms with Crippen molar-refractivity contribution in [3.8, 4) is 6.07 Å². The topological polar surface area (TPSA) is 53.2 Å². The molecule has 0 saturated carbocycles. The van der Waals surface area contributed by atoms with Gasteiger partial charge in [-0.2, -0.15) is 10.3 Å². The van der Waals surface area contributed by atoms with E-state index in [0.29, 0.717) is 11.3 Å². The fraction of sp³-hybridized carbons (Fsp3) is 0.500. The fourth-order valence-corrected chi connectivity index (χ4v) is 3.60. The fourth-order valence-electron chi connectivity index (χ4n) is 3.60. The molecule has 0 amide bonds. The van der Waals surface area contributed by atoms with Gasteiger partial charge in [0.2, 0.25) is 6.08 Å². The lowest BCUT2D eigenvalue weighted by Gasteiger charge is -2.27. The summed E-state index contributed by atoms with van der Waals surface area (Å²) < 4.78 is 0. The van der Waals surface area contributed by atoms with Crippen LogP contribution in [0.25, 0.3) is 0 Å². The lowest BCUT2D eigenvalue weighted by atomic mass is 9.77. The first kappa shape index (κ1) is 12.1. The number of hydrogen-bond acceptors (Lipinski definition) is 3. The van der Waals surface area contributed by atoms with E-state index in [4.69, 9.17) is 0 Å². The molecule has 3 rings (SSSR count). The molecule has 2 aliphatic carbocycles. The van der Waals surface area contributed by atoms with Crippen LogP contribution >= 0.6 is 0 Å². The average molecular weight is 252 g/mol. The van der Waals surface area contributed by atoms with E-state index in [1.807, 2.05) is 0 Å². The Morgan fingerprint density at radius 3 is 1.95 bits per heavy atom. The van der Waals surface area contributed by atoms with Crippen LogP contribution in [0.2, 0.25) is 0 Å². The normalized spacial score (nSPS) is 16.8. The number of hydrogen-bond donors (Lipinski definition) is 0. The number of aliphatic imine (C=N–C) groups is 1. The Hall–Kier alpha value is -1.91. The monoisotopic (exact) mass is 252 g/mol. The molecule has 0 spiro atoms. The smallest absolute Gasteiger partial charge is 0.211 e. The first-order valence-electron chi connectivity index (χ1n) is 7.04. The van der Waals surface area contributed by atoms with E-state index < -0.39 is 0 Å². The second kappa shape index (κ2) is 4.99. The predicted molar refractivity (Wildman–Crippen MR) is 72.2 cm³/mol. The van der Waals surface area contributed by atoms with Gasteiger partial charge in [0, 0.05) is 0 Å². The number of carbonyl (C=O) groups excluding carboxylic acids is 1. The van der Waals surface area contributed by atoms with Crippen molar-refractivity contribution in [2.45, 2.75) is 51.4 Å². The Morgan fingerprint density at radius 2 is 1.37 bits per heavy atom. The molecule has 3 nitrogen and oxygen atoms in total. The van der Waals surface area contributed by atoms with Crippen molar-refractivity contribution in [1.82, 2.24) is 0 Å². The van der Waals surface area contributed by atoms with Crippen molar-refractivity contribution in [1.29, 1.82) is 5.26 Å². The van der Waals surface area contributed by atoms with Gasteiger partial charge in [0.1, 0.15) is 6.07 Å². The number of nitriles is 1. The number of fused-ring (bicyclic) bond motifs is 3. The standard InChI is InChI=1S/C16H16N2O/c17-9-15-13-7-2-1-5-11(13)12-6-3-4-8-14(12)16(15)18-10-19/h1-8H2. The first-order chi connectivity index (χ1) is 9.36. The van der Waals surface area contributed by atoms with Gasteiger partial charge in [-0.25, -0.2) is 4.79 Å². The summed E-state index contributed by atoms with van der Waals surface area (Å²) in [7, 11) is 0.